The van der Waals surface area contributed by atoms with Gasteiger partial charge in [-0.3, -0.25) is 14.9 Å². The highest BCUT2D eigenvalue weighted by atomic mass is 31.2. The fourth-order valence-electron chi connectivity index (χ4n) is 3.90. The van der Waals surface area contributed by atoms with E-state index in [2.05, 4.69) is 43.8 Å². The number of ether oxygens (including phenoxy) is 3. The van der Waals surface area contributed by atoms with Crippen molar-refractivity contribution >= 4 is 20.8 Å². The van der Waals surface area contributed by atoms with Crippen molar-refractivity contribution in [1.82, 2.24) is 14.9 Å². The highest BCUT2D eigenvalue weighted by Crippen LogP contribution is 2.47. The summed E-state index contributed by atoms with van der Waals surface area (Å²) in [5.41, 5.74) is 0. The first-order valence-corrected chi connectivity index (χ1v) is 13.5. The first-order chi connectivity index (χ1) is 17.1. The molecule has 0 radical (unpaired) electrons. The van der Waals surface area contributed by atoms with Gasteiger partial charge in [0.25, 0.3) is 14.4 Å². The number of imide groups is 1. The molecule has 0 aromatic carbocycles. The van der Waals surface area contributed by atoms with E-state index >= 15 is 0 Å². The Labute approximate surface area is 217 Å². The molecule has 2 amide bonds. The lowest BCUT2D eigenvalue weighted by atomic mass is 10.1. The van der Waals surface area contributed by atoms with Gasteiger partial charge in [0.15, 0.2) is 12.0 Å². The second-order valence-electron chi connectivity index (χ2n) is 8.93. The maximum Gasteiger partial charge on any atom is 0.259 e. The standard InChI is InChI=1S/C24H43N4O7P/c1-9-24(10-2)34-22(23(35-24)27(7)14-12-21(30)26-17-29)20(31-8)16-33-36(32-15-11-13-25)28(18(3)4)19(5)6/h12,14,17-20,22-23H,9-11,15-16H2,1-8H3,(H,26,29,30)/b14-12-. The number of hydrogen-bond donors (Lipinski definition) is 1. The molecule has 12 heteroatoms. The van der Waals surface area contributed by atoms with Gasteiger partial charge in [0.1, 0.15) is 12.2 Å². The molecule has 0 aliphatic carbocycles. The maximum atomic E-state index is 11.7. The van der Waals surface area contributed by atoms with Crippen LogP contribution < -0.4 is 5.32 Å². The molecule has 1 aliphatic heterocycles. The Morgan fingerprint density at radius 1 is 1.19 bits per heavy atom. The number of nitrogens with zero attached hydrogens (tertiary/aromatic N) is 3. The third-order valence-electron chi connectivity index (χ3n) is 5.79. The number of nitrogens with one attached hydrogen (secondary N) is 1. The molecule has 1 fully saturated rings. The largest absolute Gasteiger partial charge is 0.376 e. The van der Waals surface area contributed by atoms with E-state index in [1.807, 2.05) is 13.8 Å². The van der Waals surface area contributed by atoms with Crippen LogP contribution in [0.1, 0.15) is 60.8 Å². The van der Waals surface area contributed by atoms with Gasteiger partial charge < -0.3 is 28.2 Å². The number of rotatable bonds is 17. The highest BCUT2D eigenvalue weighted by molar-refractivity contribution is 7.44. The molecule has 36 heavy (non-hydrogen) atoms. The molecule has 1 saturated heterocycles. The van der Waals surface area contributed by atoms with E-state index in [-0.39, 0.29) is 31.7 Å². The molecule has 4 atom stereocenters. The van der Waals surface area contributed by atoms with E-state index in [0.717, 1.165) is 0 Å². The summed E-state index contributed by atoms with van der Waals surface area (Å²) in [6.07, 6.45) is 2.99. The van der Waals surface area contributed by atoms with Crippen LogP contribution in [-0.4, -0.2) is 85.6 Å². The van der Waals surface area contributed by atoms with Crippen molar-refractivity contribution in [1.29, 1.82) is 5.26 Å². The molecule has 1 heterocycles. The minimum absolute atomic E-state index is 0.166. The number of carbonyl (C=O) groups excluding carboxylic acids is 2. The fraction of sp³-hybridized carbons (Fsp3) is 0.792. The van der Waals surface area contributed by atoms with E-state index in [1.165, 1.54) is 12.3 Å². The first-order valence-electron chi connectivity index (χ1n) is 12.3. The monoisotopic (exact) mass is 530 g/mol. The van der Waals surface area contributed by atoms with Crippen molar-refractivity contribution in [3.8, 4) is 6.07 Å². The number of carbonyl (C=O) groups is 2. The molecule has 1 N–H and O–H groups in total. The molecule has 0 spiro atoms. The molecular weight excluding hydrogens is 487 g/mol. The zero-order chi connectivity index (χ0) is 27.3. The third-order valence-corrected chi connectivity index (χ3v) is 7.86. The SMILES string of the molecule is CCC1(CC)OC(C(COP(OCCC#N)N(C(C)C)C(C)C)OC)C(N(C)/C=C\C(=O)NC=O)O1. The summed E-state index contributed by atoms with van der Waals surface area (Å²) in [5, 5.41) is 11.0. The average Bonchev–Trinajstić information content (AvgIpc) is 3.23. The fourth-order valence-corrected chi connectivity index (χ4v) is 5.52. The van der Waals surface area contributed by atoms with Crippen molar-refractivity contribution in [2.45, 2.75) is 97.1 Å². The van der Waals surface area contributed by atoms with Crippen LogP contribution in [0.15, 0.2) is 12.3 Å². The van der Waals surface area contributed by atoms with Gasteiger partial charge in [0.2, 0.25) is 6.41 Å². The Morgan fingerprint density at radius 3 is 2.33 bits per heavy atom. The van der Waals surface area contributed by atoms with Gasteiger partial charge in [-0.25, -0.2) is 4.67 Å². The lowest BCUT2D eigenvalue weighted by Gasteiger charge is -2.37. The highest BCUT2D eigenvalue weighted by Gasteiger charge is 2.50. The summed E-state index contributed by atoms with van der Waals surface area (Å²) in [6.45, 7) is 12.7. The molecule has 4 unspecified atom stereocenters. The number of hydrogen-bond acceptors (Lipinski definition) is 10. The molecule has 1 aliphatic rings. The quantitative estimate of drug-likeness (QED) is 0.130. The van der Waals surface area contributed by atoms with E-state index in [0.29, 0.717) is 19.3 Å². The normalized spacial score (nSPS) is 21.2. The van der Waals surface area contributed by atoms with Gasteiger partial charge in [-0.15, -0.1) is 0 Å². The van der Waals surface area contributed by atoms with Crippen LogP contribution in [0.3, 0.4) is 0 Å². The Kier molecular flexibility index (Phi) is 14.6. The van der Waals surface area contributed by atoms with Crippen molar-refractivity contribution in [3.63, 3.8) is 0 Å². The van der Waals surface area contributed by atoms with Crippen molar-refractivity contribution in [3.05, 3.63) is 12.3 Å². The molecule has 11 nitrogen and oxygen atoms in total. The van der Waals surface area contributed by atoms with Crippen molar-refractivity contribution < 1.29 is 32.8 Å². The van der Waals surface area contributed by atoms with Crippen LogP contribution in [0.25, 0.3) is 0 Å². The summed E-state index contributed by atoms with van der Waals surface area (Å²) < 4.78 is 33.0. The number of methoxy groups -OCH3 is 1. The summed E-state index contributed by atoms with van der Waals surface area (Å²) in [4.78, 5) is 24.0. The predicted octanol–water partition coefficient (Wildman–Crippen LogP) is 3.27. The van der Waals surface area contributed by atoms with Gasteiger partial charge in [0.05, 0.1) is 25.7 Å². The zero-order valence-electron chi connectivity index (χ0n) is 22.8. The summed E-state index contributed by atoms with van der Waals surface area (Å²) in [7, 11) is 1.89. The van der Waals surface area contributed by atoms with Gasteiger partial charge in [-0.1, -0.05) is 13.8 Å². The number of nitriles is 1. The van der Waals surface area contributed by atoms with Crippen LogP contribution >= 0.6 is 8.53 Å². The van der Waals surface area contributed by atoms with Gasteiger partial charge in [-0.05, 0) is 40.5 Å². The summed E-state index contributed by atoms with van der Waals surface area (Å²) in [5.74, 6) is -1.35. The number of likely N-dealkylation sites (N-methyl/N-ethyl adjacent to an activating group) is 1. The Morgan fingerprint density at radius 2 is 1.83 bits per heavy atom. The van der Waals surface area contributed by atoms with Crippen LogP contribution in [0.2, 0.25) is 0 Å². The van der Waals surface area contributed by atoms with Crippen LogP contribution in [0.4, 0.5) is 0 Å². The second-order valence-corrected chi connectivity index (χ2v) is 10.4. The number of amides is 2. The lowest BCUT2D eigenvalue weighted by molar-refractivity contribution is -0.193. The predicted molar refractivity (Wildman–Crippen MR) is 136 cm³/mol. The van der Waals surface area contributed by atoms with Gasteiger partial charge >= 0.3 is 0 Å². The second kappa shape index (κ2) is 16.3. The van der Waals surface area contributed by atoms with Gasteiger partial charge in [-0.2, -0.15) is 5.26 Å². The minimum atomic E-state index is -1.46. The van der Waals surface area contributed by atoms with Crippen LogP contribution in [0, 0.1) is 11.3 Å². The van der Waals surface area contributed by atoms with Crippen LogP contribution in [0.5, 0.6) is 0 Å². The summed E-state index contributed by atoms with van der Waals surface area (Å²) >= 11 is 0. The van der Waals surface area contributed by atoms with E-state index < -0.39 is 38.7 Å². The maximum absolute atomic E-state index is 11.7. The average molecular weight is 531 g/mol. The molecular formula is C24H43N4O7P. The van der Waals surface area contributed by atoms with Crippen molar-refractivity contribution in [2.75, 3.05) is 27.4 Å². The lowest BCUT2D eigenvalue weighted by Crippen LogP contribution is -2.46. The van der Waals surface area contributed by atoms with Gasteiger partial charge in [0, 0.05) is 38.5 Å². The molecule has 0 aromatic rings. The molecule has 0 saturated carbocycles. The Balaban J connectivity index is 3.13. The van der Waals surface area contributed by atoms with E-state index in [4.69, 9.17) is 28.5 Å². The molecule has 1 rings (SSSR count). The van der Waals surface area contributed by atoms with E-state index in [9.17, 15) is 9.59 Å². The minimum Gasteiger partial charge on any atom is -0.376 e. The smallest absolute Gasteiger partial charge is 0.259 e. The zero-order valence-corrected chi connectivity index (χ0v) is 23.7. The first kappa shape index (κ1) is 32.4. The Hall–Kier alpha value is -1.64. The molecule has 206 valence electrons. The molecule has 0 bridgehead atoms. The molecule has 0 aromatic heterocycles. The summed E-state index contributed by atoms with van der Waals surface area (Å²) in [6, 6.07) is 2.43. The van der Waals surface area contributed by atoms with Crippen molar-refractivity contribution in [2.24, 2.45) is 0 Å². The topological polar surface area (TPSA) is 123 Å². The third kappa shape index (κ3) is 9.34. The van der Waals surface area contributed by atoms with E-state index in [1.54, 1.807) is 19.1 Å². The van der Waals surface area contributed by atoms with Crippen LogP contribution in [-0.2, 0) is 32.8 Å². The Bertz CT molecular complexity index is 734.